The Hall–Kier alpha value is -0.910. The Morgan fingerprint density at radius 3 is 2.94 bits per heavy atom. The van der Waals surface area contributed by atoms with Crippen LogP contribution in [-0.2, 0) is 16.0 Å². The molecule has 0 bridgehead atoms. The zero-order chi connectivity index (χ0) is 11.7. The van der Waals surface area contributed by atoms with E-state index < -0.39 is 0 Å². The largest absolute Gasteiger partial charge is 0.361 e. The number of rotatable bonds is 2. The predicted octanol–water partition coefficient (Wildman–Crippen LogP) is 1.32. The van der Waals surface area contributed by atoms with E-state index in [0.717, 1.165) is 57.1 Å². The molecule has 0 N–H and O–H groups in total. The molecule has 1 aromatic heterocycles. The van der Waals surface area contributed by atoms with Gasteiger partial charge in [-0.25, -0.2) is 0 Å². The van der Waals surface area contributed by atoms with Gasteiger partial charge in [0.25, 0.3) is 0 Å². The second-order valence-corrected chi connectivity index (χ2v) is 4.85. The number of piperidine rings is 1. The van der Waals surface area contributed by atoms with Crippen molar-refractivity contribution in [2.45, 2.75) is 32.1 Å². The number of likely N-dealkylation sites (tertiary alicyclic amines) is 1. The van der Waals surface area contributed by atoms with E-state index in [1.165, 1.54) is 0 Å². The van der Waals surface area contributed by atoms with Gasteiger partial charge in [-0.2, -0.15) is 0 Å². The molecule has 3 rings (SSSR count). The van der Waals surface area contributed by atoms with Crippen LogP contribution in [0.1, 0.15) is 24.3 Å². The van der Waals surface area contributed by atoms with Gasteiger partial charge in [0.1, 0.15) is 5.76 Å². The molecule has 17 heavy (non-hydrogen) atoms. The Morgan fingerprint density at radius 2 is 2.24 bits per heavy atom. The fraction of sp³-hybridized carbons (Fsp3) is 0.750. The van der Waals surface area contributed by atoms with E-state index >= 15 is 0 Å². The van der Waals surface area contributed by atoms with E-state index in [1.807, 2.05) is 13.0 Å². The Morgan fingerprint density at radius 1 is 1.41 bits per heavy atom. The van der Waals surface area contributed by atoms with Crippen molar-refractivity contribution < 1.29 is 14.0 Å². The topological polar surface area (TPSA) is 47.7 Å². The molecule has 0 saturated carbocycles. The first-order chi connectivity index (χ1) is 8.26. The summed E-state index contributed by atoms with van der Waals surface area (Å²) in [6, 6.07) is 1.98. The minimum Gasteiger partial charge on any atom is -0.361 e. The van der Waals surface area contributed by atoms with Crippen LogP contribution in [0, 0.1) is 6.92 Å². The summed E-state index contributed by atoms with van der Waals surface area (Å²) in [5, 5.41) is 4.03. The summed E-state index contributed by atoms with van der Waals surface area (Å²) in [4.78, 5) is 2.33. The van der Waals surface area contributed by atoms with Gasteiger partial charge >= 0.3 is 0 Å². The minimum atomic E-state index is -0.350. The number of aromatic nitrogens is 1. The molecule has 2 saturated heterocycles. The maximum absolute atomic E-state index is 5.75. The molecule has 2 aliphatic rings. The molecule has 2 aliphatic heterocycles. The third-order valence-corrected chi connectivity index (χ3v) is 3.37. The van der Waals surface area contributed by atoms with Crippen molar-refractivity contribution in [1.82, 2.24) is 10.1 Å². The quantitative estimate of drug-likeness (QED) is 0.777. The van der Waals surface area contributed by atoms with Crippen molar-refractivity contribution in [3.05, 3.63) is 17.5 Å². The Kier molecular flexibility index (Phi) is 2.90. The molecule has 0 aromatic carbocycles. The van der Waals surface area contributed by atoms with Crippen LogP contribution < -0.4 is 0 Å². The number of ether oxygens (including phenoxy) is 2. The smallest absolute Gasteiger partial charge is 0.181 e. The predicted molar refractivity (Wildman–Crippen MR) is 60.4 cm³/mol. The molecule has 0 atom stereocenters. The van der Waals surface area contributed by atoms with E-state index in [2.05, 4.69) is 10.1 Å². The molecule has 1 spiro atoms. The second kappa shape index (κ2) is 4.40. The van der Waals surface area contributed by atoms with Gasteiger partial charge in [0.05, 0.1) is 25.5 Å². The van der Waals surface area contributed by atoms with Gasteiger partial charge in [0.2, 0.25) is 0 Å². The van der Waals surface area contributed by atoms with Crippen molar-refractivity contribution in [3.63, 3.8) is 0 Å². The first-order valence-electron chi connectivity index (χ1n) is 6.18. The van der Waals surface area contributed by atoms with Crippen LogP contribution in [0.3, 0.4) is 0 Å². The van der Waals surface area contributed by atoms with Crippen molar-refractivity contribution in [2.24, 2.45) is 0 Å². The van der Waals surface area contributed by atoms with Crippen molar-refractivity contribution >= 4 is 0 Å². The highest BCUT2D eigenvalue weighted by Crippen LogP contribution is 2.30. The average molecular weight is 238 g/mol. The van der Waals surface area contributed by atoms with Gasteiger partial charge < -0.3 is 14.0 Å². The summed E-state index contributed by atoms with van der Waals surface area (Å²) in [6.45, 7) is 6.07. The van der Waals surface area contributed by atoms with E-state index in [4.69, 9.17) is 14.0 Å². The fourth-order valence-electron chi connectivity index (χ4n) is 2.66. The van der Waals surface area contributed by atoms with Gasteiger partial charge in [-0.3, -0.25) is 4.90 Å². The molecule has 0 radical (unpaired) electrons. The highest BCUT2D eigenvalue weighted by atomic mass is 16.7. The summed E-state index contributed by atoms with van der Waals surface area (Å²) in [5.41, 5.74) is 0.984. The van der Waals surface area contributed by atoms with Crippen LogP contribution >= 0.6 is 0 Å². The molecule has 5 nitrogen and oxygen atoms in total. The number of nitrogens with zero attached hydrogens (tertiary/aromatic N) is 2. The van der Waals surface area contributed by atoms with E-state index in [9.17, 15) is 0 Å². The Bertz CT molecular complexity index is 385. The summed E-state index contributed by atoms with van der Waals surface area (Å²) in [7, 11) is 0. The van der Waals surface area contributed by atoms with Crippen molar-refractivity contribution in [2.75, 3.05) is 26.3 Å². The van der Waals surface area contributed by atoms with E-state index in [1.54, 1.807) is 0 Å². The van der Waals surface area contributed by atoms with Gasteiger partial charge in [0.15, 0.2) is 5.79 Å². The second-order valence-electron chi connectivity index (χ2n) is 4.85. The van der Waals surface area contributed by atoms with Crippen LogP contribution in [0.2, 0.25) is 0 Å². The lowest BCUT2D eigenvalue weighted by Gasteiger charge is -2.38. The lowest BCUT2D eigenvalue weighted by atomic mass is 10.0. The van der Waals surface area contributed by atoms with E-state index in [0.29, 0.717) is 0 Å². The molecular formula is C12H18N2O3. The van der Waals surface area contributed by atoms with Crippen LogP contribution in [0.5, 0.6) is 0 Å². The van der Waals surface area contributed by atoms with Crippen molar-refractivity contribution in [1.29, 1.82) is 0 Å². The molecular weight excluding hydrogens is 220 g/mol. The normalized spacial score (nSPS) is 24.5. The maximum Gasteiger partial charge on any atom is 0.181 e. The minimum absolute atomic E-state index is 0.350. The molecule has 0 unspecified atom stereocenters. The number of aryl methyl sites for hydroxylation is 1. The SMILES string of the molecule is Cc1cc(CN2CCCC3(C2)OCCO3)no1. The third kappa shape index (κ3) is 2.36. The summed E-state index contributed by atoms with van der Waals surface area (Å²) >= 11 is 0. The Balaban J connectivity index is 1.64. The van der Waals surface area contributed by atoms with Gasteiger partial charge in [-0.1, -0.05) is 5.16 Å². The number of hydrogen-bond donors (Lipinski definition) is 0. The van der Waals surface area contributed by atoms with Crippen molar-refractivity contribution in [3.8, 4) is 0 Å². The monoisotopic (exact) mass is 238 g/mol. The highest BCUT2D eigenvalue weighted by molar-refractivity contribution is 5.03. The summed E-state index contributed by atoms with van der Waals surface area (Å²) < 4.78 is 16.6. The zero-order valence-electron chi connectivity index (χ0n) is 10.1. The lowest BCUT2D eigenvalue weighted by Crippen LogP contribution is -2.48. The van der Waals surface area contributed by atoms with Gasteiger partial charge in [-0.05, 0) is 19.9 Å². The molecule has 5 heteroatoms. The van der Waals surface area contributed by atoms with Crippen LogP contribution in [0.25, 0.3) is 0 Å². The zero-order valence-corrected chi connectivity index (χ0v) is 10.1. The molecule has 0 amide bonds. The van der Waals surface area contributed by atoms with Crippen LogP contribution in [0.4, 0.5) is 0 Å². The maximum atomic E-state index is 5.75. The van der Waals surface area contributed by atoms with Gasteiger partial charge in [-0.15, -0.1) is 0 Å². The summed E-state index contributed by atoms with van der Waals surface area (Å²) in [5.74, 6) is 0.511. The van der Waals surface area contributed by atoms with E-state index in [-0.39, 0.29) is 5.79 Å². The van der Waals surface area contributed by atoms with Crippen LogP contribution in [0.15, 0.2) is 10.6 Å². The fourth-order valence-corrected chi connectivity index (χ4v) is 2.66. The lowest BCUT2D eigenvalue weighted by molar-refractivity contribution is -0.190. The molecule has 0 aliphatic carbocycles. The van der Waals surface area contributed by atoms with Crippen LogP contribution in [-0.4, -0.2) is 42.1 Å². The highest BCUT2D eigenvalue weighted by Gasteiger charge is 2.40. The first-order valence-corrected chi connectivity index (χ1v) is 6.18. The third-order valence-electron chi connectivity index (χ3n) is 3.37. The van der Waals surface area contributed by atoms with Gasteiger partial charge in [0, 0.05) is 19.0 Å². The average Bonchev–Trinajstić information content (AvgIpc) is 2.89. The first kappa shape index (κ1) is 11.2. The number of hydrogen-bond acceptors (Lipinski definition) is 5. The summed E-state index contributed by atoms with van der Waals surface area (Å²) in [6.07, 6.45) is 2.11. The Labute approximate surface area is 101 Å². The molecule has 3 heterocycles. The molecule has 2 fully saturated rings. The standard InChI is InChI=1S/C12H18N2O3/c1-10-7-11(13-17-10)8-14-4-2-3-12(9-14)15-5-6-16-12/h7H,2-6,8-9H2,1H3. The molecule has 94 valence electrons. The molecule has 1 aromatic rings.